The van der Waals surface area contributed by atoms with Crippen LogP contribution in [0, 0.1) is 6.92 Å². The second-order valence-corrected chi connectivity index (χ2v) is 8.67. The summed E-state index contributed by atoms with van der Waals surface area (Å²) in [4.78, 5) is 45.1. The van der Waals surface area contributed by atoms with Crippen LogP contribution >= 0.6 is 0 Å². The van der Waals surface area contributed by atoms with Crippen LogP contribution in [0.1, 0.15) is 56.4 Å². The highest BCUT2D eigenvalue weighted by Crippen LogP contribution is 2.30. The quantitative estimate of drug-likeness (QED) is 0.436. The Morgan fingerprint density at radius 2 is 1.85 bits per heavy atom. The van der Waals surface area contributed by atoms with Gasteiger partial charge in [-0.2, -0.15) is 0 Å². The molecule has 4 aromatic rings. The molecular weight excluding hydrogens is 428 g/mol. The molecular formula is C27H24N4O3. The van der Waals surface area contributed by atoms with Crippen molar-refractivity contribution in [3.63, 3.8) is 0 Å². The summed E-state index contributed by atoms with van der Waals surface area (Å²) in [6, 6.07) is 18.6. The molecule has 170 valence electrons. The summed E-state index contributed by atoms with van der Waals surface area (Å²) in [7, 11) is 0. The summed E-state index contributed by atoms with van der Waals surface area (Å²) < 4.78 is 0. The van der Waals surface area contributed by atoms with Crippen molar-refractivity contribution >= 4 is 22.7 Å². The zero-order chi connectivity index (χ0) is 23.8. The SMILES string of the molecule is Cc1ccc2nc(-c3ccccc3)cc(C(=O)NC3CCCc4[nH]c(=O)c(C(N)=O)cc43)c2c1. The fourth-order valence-corrected chi connectivity index (χ4v) is 4.59. The van der Waals surface area contributed by atoms with E-state index in [2.05, 4.69) is 10.3 Å². The molecule has 0 spiro atoms. The van der Waals surface area contributed by atoms with Gasteiger partial charge in [0.15, 0.2) is 0 Å². The molecule has 5 rings (SSSR count). The molecule has 0 radical (unpaired) electrons. The van der Waals surface area contributed by atoms with E-state index in [0.717, 1.165) is 39.7 Å². The standard InChI is InChI=1S/C27H24N4O3/c1-15-10-11-23-17(12-15)18(14-24(29-23)16-6-3-2-4-7-16)26(33)30-21-8-5-9-22-19(21)13-20(25(28)32)27(34)31-22/h2-4,6-7,10-14,21H,5,8-9H2,1H3,(H2,28,32)(H,30,33)(H,31,34). The van der Waals surface area contributed by atoms with Crippen molar-refractivity contribution in [1.29, 1.82) is 0 Å². The van der Waals surface area contributed by atoms with Crippen molar-refractivity contribution in [1.82, 2.24) is 15.3 Å². The number of nitrogens with zero attached hydrogens (tertiary/aromatic N) is 1. The number of aryl methyl sites for hydroxylation is 2. The van der Waals surface area contributed by atoms with Gasteiger partial charge in [0, 0.05) is 16.6 Å². The summed E-state index contributed by atoms with van der Waals surface area (Å²) in [5.74, 6) is -1.03. The molecule has 0 aliphatic heterocycles. The maximum Gasteiger partial charge on any atom is 0.261 e. The third kappa shape index (κ3) is 3.96. The zero-order valence-corrected chi connectivity index (χ0v) is 18.7. The highest BCUT2D eigenvalue weighted by atomic mass is 16.2. The Bertz CT molecular complexity index is 1490. The number of H-pyrrole nitrogens is 1. The predicted molar refractivity (Wildman–Crippen MR) is 131 cm³/mol. The topological polar surface area (TPSA) is 118 Å². The lowest BCUT2D eigenvalue weighted by Crippen LogP contribution is -2.34. The highest BCUT2D eigenvalue weighted by Gasteiger charge is 2.26. The predicted octanol–water partition coefficient (Wildman–Crippen LogP) is 3.80. The first-order chi connectivity index (χ1) is 16.4. The smallest absolute Gasteiger partial charge is 0.261 e. The van der Waals surface area contributed by atoms with Crippen LogP contribution in [0.2, 0.25) is 0 Å². The lowest BCUT2D eigenvalue weighted by Gasteiger charge is -2.26. The molecule has 1 aliphatic rings. The second kappa shape index (κ2) is 8.59. The van der Waals surface area contributed by atoms with Crippen molar-refractivity contribution in [3.05, 3.63) is 99.0 Å². The van der Waals surface area contributed by atoms with Crippen molar-refractivity contribution in [2.75, 3.05) is 0 Å². The molecule has 7 nitrogen and oxygen atoms in total. The van der Waals surface area contributed by atoms with Crippen LogP contribution in [-0.4, -0.2) is 21.8 Å². The van der Waals surface area contributed by atoms with E-state index < -0.39 is 11.5 Å². The van der Waals surface area contributed by atoms with E-state index in [1.807, 2.05) is 61.5 Å². The average Bonchev–Trinajstić information content (AvgIpc) is 2.83. The van der Waals surface area contributed by atoms with Crippen LogP contribution in [0.3, 0.4) is 0 Å². The minimum atomic E-state index is -0.789. The number of carbonyl (C=O) groups is 2. The van der Waals surface area contributed by atoms with Crippen molar-refractivity contribution < 1.29 is 9.59 Å². The number of aromatic nitrogens is 2. The summed E-state index contributed by atoms with van der Waals surface area (Å²) in [5.41, 5.74) is 10.2. The fourth-order valence-electron chi connectivity index (χ4n) is 4.59. The number of benzene rings is 2. The Morgan fingerprint density at radius 3 is 2.62 bits per heavy atom. The third-order valence-corrected chi connectivity index (χ3v) is 6.30. The Balaban J connectivity index is 1.57. The Hall–Kier alpha value is -4.26. The largest absolute Gasteiger partial charge is 0.365 e. The number of primary amides is 1. The normalized spacial score (nSPS) is 15.0. The maximum atomic E-state index is 13.6. The van der Waals surface area contributed by atoms with Gasteiger partial charge in [0.05, 0.1) is 22.8 Å². The number of nitrogens with one attached hydrogen (secondary N) is 2. The molecule has 7 heteroatoms. The minimum Gasteiger partial charge on any atom is -0.365 e. The Labute approximate surface area is 196 Å². The van der Waals surface area contributed by atoms with Crippen molar-refractivity contribution in [2.45, 2.75) is 32.2 Å². The second-order valence-electron chi connectivity index (χ2n) is 8.67. The van der Waals surface area contributed by atoms with Crippen molar-refractivity contribution in [3.8, 4) is 11.3 Å². The number of hydrogen-bond acceptors (Lipinski definition) is 4. The van der Waals surface area contributed by atoms with Crippen LogP contribution in [0.25, 0.3) is 22.2 Å². The van der Waals surface area contributed by atoms with Gasteiger partial charge in [-0.25, -0.2) is 4.98 Å². The Kier molecular flexibility index (Phi) is 5.45. The molecule has 0 saturated heterocycles. The molecule has 4 N–H and O–H groups in total. The van der Waals surface area contributed by atoms with E-state index in [9.17, 15) is 14.4 Å². The number of pyridine rings is 2. The number of carbonyl (C=O) groups excluding carboxylic acids is 2. The molecule has 1 atom stereocenters. The summed E-state index contributed by atoms with van der Waals surface area (Å²) in [6.45, 7) is 1.98. The van der Waals surface area contributed by atoms with Gasteiger partial charge in [0.25, 0.3) is 17.4 Å². The maximum absolute atomic E-state index is 13.6. The van der Waals surface area contributed by atoms with Gasteiger partial charge < -0.3 is 16.0 Å². The zero-order valence-electron chi connectivity index (χ0n) is 18.7. The van der Waals surface area contributed by atoms with Gasteiger partial charge in [-0.1, -0.05) is 42.0 Å². The molecule has 0 fully saturated rings. The van der Waals surface area contributed by atoms with Gasteiger partial charge in [0.1, 0.15) is 5.56 Å². The number of aromatic amines is 1. The molecule has 1 unspecified atom stereocenters. The highest BCUT2D eigenvalue weighted by molar-refractivity contribution is 6.07. The number of nitrogens with two attached hydrogens (primary N) is 1. The first kappa shape index (κ1) is 21.6. The van der Waals surface area contributed by atoms with Gasteiger partial charge >= 0.3 is 0 Å². The molecule has 2 aromatic carbocycles. The average molecular weight is 453 g/mol. The minimum absolute atomic E-state index is 0.101. The van der Waals surface area contributed by atoms with Crippen molar-refractivity contribution in [2.24, 2.45) is 5.73 Å². The lowest BCUT2D eigenvalue weighted by atomic mass is 9.89. The lowest BCUT2D eigenvalue weighted by molar-refractivity contribution is 0.0934. The molecule has 34 heavy (non-hydrogen) atoms. The molecule has 2 amide bonds. The number of fused-ring (bicyclic) bond motifs is 2. The van der Waals surface area contributed by atoms with Crippen LogP contribution in [0.4, 0.5) is 0 Å². The van der Waals surface area contributed by atoms with Crippen LogP contribution in [0.15, 0.2) is 65.5 Å². The summed E-state index contributed by atoms with van der Waals surface area (Å²) in [5, 5.41) is 3.90. The van der Waals surface area contributed by atoms with Crippen LogP contribution in [-0.2, 0) is 6.42 Å². The first-order valence-electron chi connectivity index (χ1n) is 11.2. The molecule has 0 bridgehead atoms. The van der Waals surface area contributed by atoms with E-state index in [1.165, 1.54) is 6.07 Å². The molecule has 1 aliphatic carbocycles. The van der Waals surface area contributed by atoms with Crippen LogP contribution in [0.5, 0.6) is 0 Å². The van der Waals surface area contributed by atoms with Gasteiger partial charge in [-0.05, 0) is 56.0 Å². The summed E-state index contributed by atoms with van der Waals surface area (Å²) in [6.07, 6.45) is 2.16. The fraction of sp³-hybridized carbons (Fsp3) is 0.185. The third-order valence-electron chi connectivity index (χ3n) is 6.30. The Morgan fingerprint density at radius 1 is 1.06 bits per heavy atom. The molecule has 2 aromatic heterocycles. The van der Waals surface area contributed by atoms with Gasteiger partial charge in [-0.3, -0.25) is 14.4 Å². The molecule has 0 saturated carbocycles. The van der Waals surface area contributed by atoms with Gasteiger partial charge in [0.2, 0.25) is 0 Å². The number of amides is 2. The van der Waals surface area contributed by atoms with E-state index in [4.69, 9.17) is 10.7 Å². The number of rotatable bonds is 4. The van der Waals surface area contributed by atoms with E-state index >= 15 is 0 Å². The molecule has 2 heterocycles. The van der Waals surface area contributed by atoms with E-state index in [0.29, 0.717) is 24.1 Å². The van der Waals surface area contributed by atoms with Crippen LogP contribution < -0.4 is 16.6 Å². The summed E-state index contributed by atoms with van der Waals surface area (Å²) >= 11 is 0. The van der Waals surface area contributed by atoms with E-state index in [-0.39, 0.29) is 17.5 Å². The first-order valence-corrected chi connectivity index (χ1v) is 11.2. The van der Waals surface area contributed by atoms with E-state index in [1.54, 1.807) is 0 Å². The number of hydrogen-bond donors (Lipinski definition) is 3. The van der Waals surface area contributed by atoms with Gasteiger partial charge in [-0.15, -0.1) is 0 Å². The monoisotopic (exact) mass is 452 g/mol.